The van der Waals surface area contributed by atoms with Crippen molar-refractivity contribution in [3.05, 3.63) is 59.7 Å². The summed E-state index contributed by atoms with van der Waals surface area (Å²) in [6, 6.07) is 17.6. The Morgan fingerprint density at radius 2 is 1.44 bits per heavy atom. The van der Waals surface area contributed by atoms with Crippen LogP contribution in [0, 0.1) is 0 Å². The monoisotopic (exact) mass is 330 g/mol. The molecule has 1 aromatic heterocycles. The molecule has 0 unspecified atom stereocenters. The van der Waals surface area contributed by atoms with E-state index in [-0.39, 0.29) is 10.8 Å². The van der Waals surface area contributed by atoms with Crippen molar-refractivity contribution in [2.45, 2.75) is 52.4 Å². The summed E-state index contributed by atoms with van der Waals surface area (Å²) in [4.78, 5) is 0. The van der Waals surface area contributed by atoms with Gasteiger partial charge in [0.05, 0.1) is 0 Å². The van der Waals surface area contributed by atoms with Gasteiger partial charge in [0.25, 0.3) is 0 Å². The fourth-order valence-corrected chi connectivity index (χ4v) is 3.65. The predicted molar refractivity (Wildman–Crippen MR) is 109 cm³/mol. The number of benzene rings is 3. The summed E-state index contributed by atoms with van der Waals surface area (Å²) in [5.41, 5.74) is 4.78. The summed E-state index contributed by atoms with van der Waals surface area (Å²) >= 11 is 0. The van der Waals surface area contributed by atoms with Gasteiger partial charge in [-0.05, 0) is 45.4 Å². The zero-order valence-electron chi connectivity index (χ0n) is 16.0. The number of hydrogen-bond acceptors (Lipinski definition) is 1. The van der Waals surface area contributed by atoms with Gasteiger partial charge in [0, 0.05) is 16.3 Å². The van der Waals surface area contributed by atoms with E-state index in [0.29, 0.717) is 0 Å². The first-order valence-corrected chi connectivity index (χ1v) is 9.05. The minimum Gasteiger partial charge on any atom is -0.456 e. The van der Waals surface area contributed by atoms with Crippen LogP contribution >= 0.6 is 0 Å². The third-order valence-corrected chi connectivity index (χ3v) is 5.14. The van der Waals surface area contributed by atoms with Crippen molar-refractivity contribution < 1.29 is 4.42 Å². The number of furan rings is 1. The van der Waals surface area contributed by atoms with Crippen LogP contribution in [0.5, 0.6) is 0 Å². The highest BCUT2D eigenvalue weighted by Gasteiger charge is 2.24. The van der Waals surface area contributed by atoms with Crippen molar-refractivity contribution in [3.8, 4) is 0 Å². The Morgan fingerprint density at radius 1 is 0.720 bits per heavy atom. The van der Waals surface area contributed by atoms with Crippen molar-refractivity contribution in [3.63, 3.8) is 0 Å². The Labute approximate surface area is 149 Å². The molecule has 0 radical (unpaired) electrons. The Kier molecular flexibility index (Phi) is 3.31. The molecule has 128 valence electrons. The fourth-order valence-electron chi connectivity index (χ4n) is 3.65. The van der Waals surface area contributed by atoms with E-state index in [1.807, 2.05) is 0 Å². The van der Waals surface area contributed by atoms with Crippen LogP contribution in [-0.4, -0.2) is 0 Å². The largest absolute Gasteiger partial charge is 0.456 e. The highest BCUT2D eigenvalue weighted by Crippen LogP contribution is 2.41. The summed E-state index contributed by atoms with van der Waals surface area (Å²) in [5.74, 6) is 0. The minimum absolute atomic E-state index is 0.0308. The molecule has 0 atom stereocenters. The first-order valence-electron chi connectivity index (χ1n) is 9.05. The lowest BCUT2D eigenvalue weighted by atomic mass is 9.83. The smallest absolute Gasteiger partial charge is 0.139 e. The molecule has 0 saturated heterocycles. The molecule has 0 aliphatic heterocycles. The molecular weight excluding hydrogens is 304 g/mol. The highest BCUT2D eigenvalue weighted by molar-refractivity contribution is 6.20. The van der Waals surface area contributed by atoms with Gasteiger partial charge in [-0.25, -0.2) is 0 Å². The number of hydrogen-bond donors (Lipinski definition) is 0. The molecule has 0 spiro atoms. The molecule has 4 aromatic rings. The van der Waals surface area contributed by atoms with Crippen LogP contribution in [0.15, 0.2) is 52.9 Å². The van der Waals surface area contributed by atoms with Gasteiger partial charge >= 0.3 is 0 Å². The normalized spacial score (nSPS) is 13.2. The van der Waals surface area contributed by atoms with Crippen molar-refractivity contribution >= 4 is 32.7 Å². The Bertz CT molecular complexity index is 1100. The van der Waals surface area contributed by atoms with Crippen LogP contribution in [0.2, 0.25) is 0 Å². The van der Waals surface area contributed by atoms with Crippen molar-refractivity contribution in [2.75, 3.05) is 0 Å². The molecule has 25 heavy (non-hydrogen) atoms. The third-order valence-electron chi connectivity index (χ3n) is 5.14. The van der Waals surface area contributed by atoms with E-state index in [4.69, 9.17) is 4.42 Å². The lowest BCUT2D eigenvalue weighted by Gasteiger charge is -2.20. The highest BCUT2D eigenvalue weighted by atomic mass is 16.3. The molecule has 0 aliphatic rings. The average Bonchev–Trinajstić information content (AvgIpc) is 2.91. The molecular formula is C24H26O. The van der Waals surface area contributed by atoms with E-state index in [2.05, 4.69) is 90.1 Å². The molecule has 0 amide bonds. The summed E-state index contributed by atoms with van der Waals surface area (Å²) in [7, 11) is 0. The maximum atomic E-state index is 6.39. The molecule has 0 saturated carbocycles. The van der Waals surface area contributed by atoms with Crippen LogP contribution < -0.4 is 0 Å². The van der Waals surface area contributed by atoms with Crippen LogP contribution in [0.1, 0.15) is 52.7 Å². The van der Waals surface area contributed by atoms with Gasteiger partial charge in [0.1, 0.15) is 11.2 Å². The molecule has 0 bridgehead atoms. The molecule has 1 heterocycles. The lowest BCUT2D eigenvalue weighted by Crippen LogP contribution is -2.11. The van der Waals surface area contributed by atoms with Crippen LogP contribution in [-0.2, 0) is 10.8 Å². The number of rotatable bonds is 0. The van der Waals surface area contributed by atoms with E-state index in [0.717, 1.165) is 11.2 Å². The van der Waals surface area contributed by atoms with E-state index in [1.165, 1.54) is 32.7 Å². The third kappa shape index (κ3) is 2.54. The Balaban J connectivity index is 2.24. The topological polar surface area (TPSA) is 13.1 Å². The summed E-state index contributed by atoms with van der Waals surface area (Å²) in [5, 5.41) is 5.04. The summed E-state index contributed by atoms with van der Waals surface area (Å²) < 4.78 is 6.39. The standard InChI is InChI=1S/C24H26O/c1-23(2,3)16-11-12-20-18(14-16)21-17-10-8-7-9-15(17)13-19(22(21)25-20)24(4,5)6/h7-14H,1-6H3. The van der Waals surface area contributed by atoms with E-state index in [1.54, 1.807) is 0 Å². The first-order chi connectivity index (χ1) is 11.7. The van der Waals surface area contributed by atoms with Gasteiger partial charge in [0.15, 0.2) is 0 Å². The summed E-state index contributed by atoms with van der Waals surface area (Å²) in [6.07, 6.45) is 0. The molecule has 0 N–H and O–H groups in total. The van der Waals surface area contributed by atoms with E-state index >= 15 is 0 Å². The second kappa shape index (κ2) is 5.11. The zero-order valence-corrected chi connectivity index (χ0v) is 16.0. The van der Waals surface area contributed by atoms with E-state index < -0.39 is 0 Å². The SMILES string of the molecule is CC(C)(C)c1ccc2oc3c(C(C)(C)C)cc4ccccc4c3c2c1. The molecule has 0 aliphatic carbocycles. The predicted octanol–water partition coefficient (Wildman–Crippen LogP) is 7.33. The quantitative estimate of drug-likeness (QED) is 0.329. The first kappa shape index (κ1) is 16.2. The minimum atomic E-state index is 0.0308. The molecule has 0 fully saturated rings. The molecule has 3 aromatic carbocycles. The maximum Gasteiger partial charge on any atom is 0.139 e. The molecule has 4 rings (SSSR count). The van der Waals surface area contributed by atoms with Crippen LogP contribution in [0.4, 0.5) is 0 Å². The van der Waals surface area contributed by atoms with E-state index in [9.17, 15) is 0 Å². The van der Waals surface area contributed by atoms with Gasteiger partial charge < -0.3 is 4.42 Å². The number of fused-ring (bicyclic) bond motifs is 5. The second-order valence-corrected chi connectivity index (χ2v) is 9.16. The lowest BCUT2D eigenvalue weighted by molar-refractivity contribution is 0.573. The zero-order chi connectivity index (χ0) is 18.0. The van der Waals surface area contributed by atoms with Crippen molar-refractivity contribution in [2.24, 2.45) is 0 Å². The second-order valence-electron chi connectivity index (χ2n) is 9.16. The summed E-state index contributed by atoms with van der Waals surface area (Å²) in [6.45, 7) is 13.5. The fraction of sp³-hybridized carbons (Fsp3) is 0.333. The Hall–Kier alpha value is -2.28. The van der Waals surface area contributed by atoms with Gasteiger partial charge in [-0.1, -0.05) is 71.9 Å². The van der Waals surface area contributed by atoms with Crippen LogP contribution in [0.25, 0.3) is 32.7 Å². The van der Waals surface area contributed by atoms with Crippen molar-refractivity contribution in [1.82, 2.24) is 0 Å². The maximum absolute atomic E-state index is 6.39. The average molecular weight is 330 g/mol. The molecule has 1 heteroatoms. The van der Waals surface area contributed by atoms with Gasteiger partial charge in [0.2, 0.25) is 0 Å². The van der Waals surface area contributed by atoms with Gasteiger partial charge in [-0.15, -0.1) is 0 Å². The van der Waals surface area contributed by atoms with Gasteiger partial charge in [-0.3, -0.25) is 0 Å². The van der Waals surface area contributed by atoms with Crippen molar-refractivity contribution in [1.29, 1.82) is 0 Å². The Morgan fingerprint density at radius 3 is 2.12 bits per heavy atom. The van der Waals surface area contributed by atoms with Gasteiger partial charge in [-0.2, -0.15) is 0 Å². The van der Waals surface area contributed by atoms with Crippen LogP contribution in [0.3, 0.4) is 0 Å². The molecule has 1 nitrogen and oxygen atoms in total.